The average molecular weight is 523 g/mol. The molecule has 0 unspecified atom stereocenters. The van der Waals surface area contributed by atoms with Gasteiger partial charge in [0.1, 0.15) is 11.5 Å². The van der Waals surface area contributed by atoms with Crippen molar-refractivity contribution in [3.05, 3.63) is 34.4 Å². The molecule has 1 aromatic carbocycles. The van der Waals surface area contributed by atoms with Crippen LogP contribution in [0.4, 0.5) is 11.6 Å². The van der Waals surface area contributed by atoms with Crippen LogP contribution in [0.2, 0.25) is 10.0 Å². The SMILES string of the molecule is CC1(NC(=O)CCCCCCC(=O)NO)CCN(c2cnc(-c3cccc(Cl)c3Cl)c(N)n2)CC1. The number of unbranched alkanes of at least 4 members (excludes halogenated alkanes) is 3. The summed E-state index contributed by atoms with van der Waals surface area (Å²) in [4.78, 5) is 34.6. The van der Waals surface area contributed by atoms with Crippen molar-refractivity contribution in [1.29, 1.82) is 0 Å². The number of nitrogens with zero attached hydrogens (tertiary/aromatic N) is 3. The highest BCUT2D eigenvalue weighted by Gasteiger charge is 2.32. The summed E-state index contributed by atoms with van der Waals surface area (Å²) in [6.45, 7) is 3.50. The van der Waals surface area contributed by atoms with Crippen LogP contribution in [0, 0.1) is 0 Å². The molecule has 3 rings (SSSR count). The Bertz CT molecular complexity index is 1040. The van der Waals surface area contributed by atoms with Gasteiger partial charge in [-0.05, 0) is 38.7 Å². The normalized spacial score (nSPS) is 15.0. The molecule has 5 N–H and O–H groups in total. The van der Waals surface area contributed by atoms with Gasteiger partial charge in [-0.2, -0.15) is 0 Å². The highest BCUT2D eigenvalue weighted by atomic mass is 35.5. The zero-order chi connectivity index (χ0) is 25.4. The first-order chi connectivity index (χ1) is 16.7. The Morgan fingerprint density at radius 2 is 1.77 bits per heavy atom. The molecule has 2 aromatic rings. The topological polar surface area (TPSA) is 133 Å². The lowest BCUT2D eigenvalue weighted by molar-refractivity contribution is -0.129. The van der Waals surface area contributed by atoms with Gasteiger partial charge in [0.15, 0.2) is 5.82 Å². The molecule has 1 fully saturated rings. The summed E-state index contributed by atoms with van der Waals surface area (Å²) in [5.41, 5.74) is 8.68. The fourth-order valence-corrected chi connectivity index (χ4v) is 4.56. The lowest BCUT2D eigenvalue weighted by Crippen LogP contribution is -2.53. The number of nitrogen functional groups attached to an aromatic ring is 1. The number of hydrogen-bond acceptors (Lipinski definition) is 7. The van der Waals surface area contributed by atoms with Gasteiger partial charge in [0.25, 0.3) is 0 Å². The van der Waals surface area contributed by atoms with Crippen molar-refractivity contribution in [2.45, 2.75) is 63.8 Å². The summed E-state index contributed by atoms with van der Waals surface area (Å²) >= 11 is 12.4. The summed E-state index contributed by atoms with van der Waals surface area (Å²) < 4.78 is 0. The Balaban J connectivity index is 1.47. The molecule has 0 saturated carbocycles. The van der Waals surface area contributed by atoms with Crippen molar-refractivity contribution in [3.8, 4) is 11.3 Å². The van der Waals surface area contributed by atoms with Gasteiger partial charge in [0.05, 0.1) is 16.2 Å². The molecule has 0 atom stereocenters. The van der Waals surface area contributed by atoms with E-state index in [0.29, 0.717) is 46.4 Å². The fourth-order valence-electron chi connectivity index (χ4n) is 4.17. The number of anilines is 2. The van der Waals surface area contributed by atoms with E-state index >= 15 is 0 Å². The number of nitrogens with one attached hydrogen (secondary N) is 2. The second-order valence-electron chi connectivity index (χ2n) is 9.11. The first kappa shape index (κ1) is 27.0. The number of carbonyl (C=O) groups excluding carboxylic acids is 2. The summed E-state index contributed by atoms with van der Waals surface area (Å²) in [5.74, 6) is 0.635. The molecule has 1 aliphatic heterocycles. The first-order valence-electron chi connectivity index (χ1n) is 11.8. The second-order valence-corrected chi connectivity index (χ2v) is 9.89. The van der Waals surface area contributed by atoms with Crippen molar-refractivity contribution in [2.24, 2.45) is 0 Å². The molecule has 0 aliphatic carbocycles. The highest BCUT2D eigenvalue weighted by Crippen LogP contribution is 2.35. The number of carbonyl (C=O) groups is 2. The van der Waals surface area contributed by atoms with Crippen molar-refractivity contribution in [3.63, 3.8) is 0 Å². The Hall–Kier alpha value is -2.62. The zero-order valence-electron chi connectivity index (χ0n) is 19.8. The van der Waals surface area contributed by atoms with Crippen molar-refractivity contribution in [1.82, 2.24) is 20.8 Å². The Kier molecular flexibility index (Phi) is 9.54. The van der Waals surface area contributed by atoms with Gasteiger partial charge >= 0.3 is 0 Å². The molecule has 0 bridgehead atoms. The third-order valence-corrected chi connectivity index (χ3v) is 7.13. The average Bonchev–Trinajstić information content (AvgIpc) is 2.83. The zero-order valence-corrected chi connectivity index (χ0v) is 21.3. The Labute approximate surface area is 215 Å². The minimum atomic E-state index is -0.378. The van der Waals surface area contributed by atoms with Crippen molar-refractivity contribution >= 4 is 46.7 Å². The molecule has 35 heavy (non-hydrogen) atoms. The Morgan fingerprint density at radius 3 is 2.40 bits per heavy atom. The van der Waals surface area contributed by atoms with Gasteiger partial charge in [-0.1, -0.05) is 48.2 Å². The summed E-state index contributed by atoms with van der Waals surface area (Å²) in [5, 5.41) is 12.5. The number of rotatable bonds is 10. The largest absolute Gasteiger partial charge is 0.382 e. The van der Waals surface area contributed by atoms with E-state index < -0.39 is 0 Å². The molecule has 0 radical (unpaired) electrons. The predicted octanol–water partition coefficient (Wildman–Crippen LogP) is 4.35. The number of amides is 2. The number of aromatic nitrogens is 2. The van der Waals surface area contributed by atoms with Crippen LogP contribution in [0.5, 0.6) is 0 Å². The number of hydrogen-bond donors (Lipinski definition) is 4. The van der Waals surface area contributed by atoms with Gasteiger partial charge < -0.3 is 16.0 Å². The molecule has 1 saturated heterocycles. The van der Waals surface area contributed by atoms with E-state index in [1.165, 1.54) is 0 Å². The number of hydroxylamine groups is 1. The van der Waals surface area contributed by atoms with Gasteiger partial charge in [-0.25, -0.2) is 15.4 Å². The van der Waals surface area contributed by atoms with Crippen LogP contribution in [0.1, 0.15) is 58.3 Å². The van der Waals surface area contributed by atoms with Crippen LogP contribution >= 0.6 is 23.2 Å². The Morgan fingerprint density at radius 1 is 1.11 bits per heavy atom. The molecule has 2 heterocycles. The lowest BCUT2D eigenvalue weighted by atomic mass is 9.89. The third kappa shape index (κ3) is 7.43. The highest BCUT2D eigenvalue weighted by molar-refractivity contribution is 6.43. The standard InChI is InChI=1S/C24H32Cl2N6O3/c1-24(30-19(33)9-4-2-3-5-10-20(34)31-35)11-13-32(14-12-24)18-15-28-22(23(27)29-18)16-7-6-8-17(25)21(16)26/h6-8,15,35H,2-5,9-14H2,1H3,(H2,27,29)(H,30,33)(H,31,34). The quantitative estimate of drug-likeness (QED) is 0.207. The predicted molar refractivity (Wildman–Crippen MR) is 138 cm³/mol. The molecular formula is C24H32Cl2N6O3. The summed E-state index contributed by atoms with van der Waals surface area (Å²) in [7, 11) is 0. The van der Waals surface area contributed by atoms with E-state index in [2.05, 4.69) is 27.1 Å². The maximum atomic E-state index is 12.4. The molecule has 9 nitrogen and oxygen atoms in total. The van der Waals surface area contributed by atoms with Gasteiger partial charge in [-0.3, -0.25) is 14.8 Å². The van der Waals surface area contributed by atoms with Crippen LogP contribution < -0.4 is 21.4 Å². The molecule has 1 aromatic heterocycles. The van der Waals surface area contributed by atoms with Crippen LogP contribution in [0.25, 0.3) is 11.3 Å². The van der Waals surface area contributed by atoms with Gasteiger partial charge in [0, 0.05) is 37.0 Å². The number of benzene rings is 1. The second kappa shape index (κ2) is 12.4. The number of halogens is 2. The van der Waals surface area contributed by atoms with E-state index in [4.69, 9.17) is 34.1 Å². The summed E-state index contributed by atoms with van der Waals surface area (Å²) in [6.07, 6.45) is 7.18. The maximum absolute atomic E-state index is 12.4. The minimum absolute atomic E-state index is 0.0424. The van der Waals surface area contributed by atoms with Gasteiger partial charge in [-0.15, -0.1) is 0 Å². The summed E-state index contributed by atoms with van der Waals surface area (Å²) in [6, 6.07) is 5.30. The number of nitrogens with two attached hydrogens (primary N) is 1. The molecule has 1 aliphatic rings. The van der Waals surface area contributed by atoms with E-state index in [9.17, 15) is 9.59 Å². The lowest BCUT2D eigenvalue weighted by Gasteiger charge is -2.40. The smallest absolute Gasteiger partial charge is 0.243 e. The first-order valence-corrected chi connectivity index (χ1v) is 12.5. The third-order valence-electron chi connectivity index (χ3n) is 6.31. The van der Waals surface area contributed by atoms with Crippen LogP contribution in [0.15, 0.2) is 24.4 Å². The molecular weight excluding hydrogens is 491 g/mol. The van der Waals surface area contributed by atoms with E-state index in [1.807, 2.05) is 0 Å². The molecule has 190 valence electrons. The van der Waals surface area contributed by atoms with E-state index in [0.717, 1.165) is 45.2 Å². The van der Waals surface area contributed by atoms with Crippen LogP contribution in [0.3, 0.4) is 0 Å². The molecule has 2 amide bonds. The maximum Gasteiger partial charge on any atom is 0.243 e. The van der Waals surface area contributed by atoms with E-state index in [-0.39, 0.29) is 23.2 Å². The van der Waals surface area contributed by atoms with Crippen molar-refractivity contribution in [2.75, 3.05) is 23.7 Å². The van der Waals surface area contributed by atoms with Crippen LogP contribution in [-0.2, 0) is 9.59 Å². The number of piperidine rings is 1. The molecule has 0 spiro atoms. The minimum Gasteiger partial charge on any atom is -0.382 e. The fraction of sp³-hybridized carbons (Fsp3) is 0.500. The van der Waals surface area contributed by atoms with Crippen molar-refractivity contribution < 1.29 is 14.8 Å². The molecule has 11 heteroatoms. The monoisotopic (exact) mass is 522 g/mol. The van der Waals surface area contributed by atoms with Gasteiger partial charge in [0.2, 0.25) is 11.8 Å². The van der Waals surface area contributed by atoms with E-state index in [1.54, 1.807) is 29.9 Å². The van der Waals surface area contributed by atoms with Crippen LogP contribution in [-0.4, -0.2) is 45.6 Å².